The van der Waals surface area contributed by atoms with Crippen LogP contribution in [-0.4, -0.2) is 56.8 Å². The predicted molar refractivity (Wildman–Crippen MR) is 139 cm³/mol. The van der Waals surface area contributed by atoms with Crippen molar-refractivity contribution in [2.24, 2.45) is 0 Å². The van der Waals surface area contributed by atoms with E-state index in [1.54, 1.807) is 13.1 Å². The summed E-state index contributed by atoms with van der Waals surface area (Å²) in [6, 6.07) is 4.24. The molecule has 192 valence electrons. The lowest BCUT2D eigenvalue weighted by molar-refractivity contribution is 0.0203. The van der Waals surface area contributed by atoms with Gasteiger partial charge in [-0.05, 0) is 32.4 Å². The zero-order chi connectivity index (χ0) is 25.9. The second-order valence-corrected chi connectivity index (χ2v) is 10.7. The predicted octanol–water partition coefficient (Wildman–Crippen LogP) is 6.03. The molecule has 7 nitrogen and oxygen atoms in total. The number of aromatic amines is 1. The molecule has 0 spiro atoms. The fraction of sp³-hybridized carbons (Fsp3) is 0.346. The molecule has 0 saturated carbocycles. The molecule has 1 atom stereocenters. The number of H-pyrrole nitrogens is 1. The van der Waals surface area contributed by atoms with E-state index in [0.717, 1.165) is 26.2 Å². The van der Waals surface area contributed by atoms with E-state index in [9.17, 15) is 4.39 Å². The van der Waals surface area contributed by atoms with E-state index in [-0.39, 0.29) is 11.3 Å². The highest BCUT2D eigenvalue weighted by molar-refractivity contribution is 6.35. The van der Waals surface area contributed by atoms with E-state index >= 15 is 4.39 Å². The van der Waals surface area contributed by atoms with Crippen LogP contribution < -0.4 is 9.64 Å². The van der Waals surface area contributed by atoms with Gasteiger partial charge in [-0.1, -0.05) is 23.2 Å². The van der Waals surface area contributed by atoms with Crippen LogP contribution in [0.4, 0.5) is 14.6 Å². The number of ether oxygens (including phenoxy) is 1. The molecule has 0 aliphatic carbocycles. The van der Waals surface area contributed by atoms with Crippen molar-refractivity contribution in [2.75, 3.05) is 31.1 Å². The number of hydrogen-bond donors (Lipinski definition) is 1. The molecule has 2 fully saturated rings. The summed E-state index contributed by atoms with van der Waals surface area (Å²) in [6.45, 7) is 7.60. The van der Waals surface area contributed by atoms with Gasteiger partial charge in [0.2, 0.25) is 0 Å². The molecule has 11 heteroatoms. The number of nitrogens with zero attached hydrogens (tertiary/aromatic N) is 5. The number of anilines is 1. The van der Waals surface area contributed by atoms with E-state index in [4.69, 9.17) is 27.9 Å². The summed E-state index contributed by atoms with van der Waals surface area (Å²) in [4.78, 5) is 12.7. The van der Waals surface area contributed by atoms with Crippen molar-refractivity contribution in [1.82, 2.24) is 25.1 Å². The maximum Gasteiger partial charge on any atom is 0.167 e. The zero-order valence-corrected chi connectivity index (χ0v) is 21.7. The Bertz CT molecular complexity index is 1480. The summed E-state index contributed by atoms with van der Waals surface area (Å²) in [5, 5.41) is 8.32. The topological polar surface area (TPSA) is 70.2 Å². The van der Waals surface area contributed by atoms with Crippen molar-refractivity contribution >= 4 is 39.9 Å². The first-order valence-corrected chi connectivity index (χ1v) is 12.8. The van der Waals surface area contributed by atoms with Crippen LogP contribution in [0, 0.1) is 11.6 Å². The van der Waals surface area contributed by atoms with Crippen LogP contribution in [0.25, 0.3) is 22.2 Å². The molecule has 2 aliphatic heterocycles. The minimum absolute atomic E-state index is 0.0116. The molecule has 37 heavy (non-hydrogen) atoms. The Balaban J connectivity index is 1.27. The Hall–Kier alpha value is -3.01. The first kappa shape index (κ1) is 24.3. The molecule has 1 N–H and O–H groups in total. The molecule has 0 unspecified atom stereocenters. The zero-order valence-electron chi connectivity index (χ0n) is 20.2. The third-order valence-electron chi connectivity index (χ3n) is 7.29. The van der Waals surface area contributed by atoms with Gasteiger partial charge < -0.3 is 9.64 Å². The SMILES string of the molecule is C[C@@H](Oc1cc2c(-c3cnc(N4CC(C)(N5CCC5)C4)c(F)c3)n[nH]c2cc1F)c1c(Cl)cncc1Cl. The molecule has 5 heterocycles. The van der Waals surface area contributed by atoms with E-state index in [2.05, 4.69) is 32.0 Å². The summed E-state index contributed by atoms with van der Waals surface area (Å²) in [5.41, 5.74) is 1.95. The molecule has 2 aliphatic rings. The van der Waals surface area contributed by atoms with Crippen molar-refractivity contribution in [3.8, 4) is 17.0 Å². The monoisotopic (exact) mass is 544 g/mol. The fourth-order valence-electron chi connectivity index (χ4n) is 5.16. The van der Waals surface area contributed by atoms with E-state index < -0.39 is 17.7 Å². The molecular formula is C26H24Cl2F2N6O. The van der Waals surface area contributed by atoms with Crippen LogP contribution in [0.5, 0.6) is 5.75 Å². The van der Waals surface area contributed by atoms with Gasteiger partial charge in [-0.2, -0.15) is 5.10 Å². The molecule has 0 bridgehead atoms. The minimum atomic E-state index is -0.651. The van der Waals surface area contributed by atoms with Gasteiger partial charge in [-0.3, -0.25) is 15.0 Å². The molecule has 4 aromatic rings. The number of nitrogens with one attached hydrogen (secondary N) is 1. The van der Waals surface area contributed by atoms with E-state index in [1.807, 2.05) is 4.90 Å². The normalized spacial score (nSPS) is 17.9. The number of hydrogen-bond acceptors (Lipinski definition) is 6. The van der Waals surface area contributed by atoms with Crippen molar-refractivity contribution in [3.05, 3.63) is 64.0 Å². The number of fused-ring (bicyclic) bond motifs is 1. The molecule has 0 amide bonds. The fourth-order valence-corrected chi connectivity index (χ4v) is 5.83. The lowest BCUT2D eigenvalue weighted by Crippen LogP contribution is -2.71. The van der Waals surface area contributed by atoms with Gasteiger partial charge in [0.1, 0.15) is 11.8 Å². The maximum atomic E-state index is 15.2. The van der Waals surface area contributed by atoms with Crippen LogP contribution >= 0.6 is 23.2 Å². The molecule has 0 radical (unpaired) electrons. The van der Waals surface area contributed by atoms with Crippen LogP contribution in [0.15, 0.2) is 36.8 Å². The Labute approximate surface area is 222 Å². The average Bonchev–Trinajstić information content (AvgIpc) is 3.19. The van der Waals surface area contributed by atoms with Crippen molar-refractivity contribution in [3.63, 3.8) is 0 Å². The first-order chi connectivity index (χ1) is 17.7. The van der Waals surface area contributed by atoms with Crippen LogP contribution in [0.3, 0.4) is 0 Å². The number of halogens is 4. The Kier molecular flexibility index (Phi) is 5.97. The third kappa shape index (κ3) is 4.19. The number of rotatable bonds is 6. The van der Waals surface area contributed by atoms with Crippen LogP contribution in [-0.2, 0) is 0 Å². The van der Waals surface area contributed by atoms with Crippen molar-refractivity contribution < 1.29 is 13.5 Å². The Morgan fingerprint density at radius 3 is 2.43 bits per heavy atom. The van der Waals surface area contributed by atoms with E-state index in [1.165, 1.54) is 37.0 Å². The maximum absolute atomic E-state index is 15.2. The molecule has 3 aromatic heterocycles. The number of pyridine rings is 2. The lowest BCUT2D eigenvalue weighted by atomic mass is 9.87. The van der Waals surface area contributed by atoms with Crippen molar-refractivity contribution in [2.45, 2.75) is 31.9 Å². The number of benzene rings is 1. The molecule has 1 aromatic carbocycles. The number of aromatic nitrogens is 4. The highest BCUT2D eigenvalue weighted by Gasteiger charge is 2.46. The highest BCUT2D eigenvalue weighted by Crippen LogP contribution is 2.38. The Morgan fingerprint density at radius 2 is 1.78 bits per heavy atom. The summed E-state index contributed by atoms with van der Waals surface area (Å²) in [5.74, 6) is -0.689. The van der Waals surface area contributed by atoms with Gasteiger partial charge in [0.25, 0.3) is 0 Å². The molecule has 6 rings (SSSR count). The van der Waals surface area contributed by atoms with Gasteiger partial charge in [0.05, 0.1) is 21.1 Å². The summed E-state index contributed by atoms with van der Waals surface area (Å²) in [7, 11) is 0. The average molecular weight is 545 g/mol. The summed E-state index contributed by atoms with van der Waals surface area (Å²) >= 11 is 12.5. The van der Waals surface area contributed by atoms with Crippen molar-refractivity contribution in [1.29, 1.82) is 0 Å². The van der Waals surface area contributed by atoms with Gasteiger partial charge >= 0.3 is 0 Å². The largest absolute Gasteiger partial charge is 0.483 e. The molecule has 2 saturated heterocycles. The number of likely N-dealkylation sites (tertiary alicyclic amines) is 1. The first-order valence-electron chi connectivity index (χ1n) is 12.0. The van der Waals surface area contributed by atoms with Gasteiger partial charge in [0.15, 0.2) is 23.2 Å². The van der Waals surface area contributed by atoms with Crippen LogP contribution in [0.2, 0.25) is 10.0 Å². The molecular weight excluding hydrogens is 521 g/mol. The standard InChI is InChI=1S/C26H24Cl2F2N6O/c1-14(23-17(27)10-31-11-18(23)28)37-22-7-16-21(8-19(22)29)33-34-24(16)15-6-20(30)25(32-9-15)35-12-26(2,13-35)36-4-3-5-36/h6-11,14H,3-5,12-13H2,1-2H3,(H,33,34)/t14-/m1/s1. The summed E-state index contributed by atoms with van der Waals surface area (Å²) < 4.78 is 35.9. The van der Waals surface area contributed by atoms with Crippen LogP contribution in [0.1, 0.15) is 31.9 Å². The lowest BCUT2D eigenvalue weighted by Gasteiger charge is -2.57. The smallest absolute Gasteiger partial charge is 0.167 e. The quantitative estimate of drug-likeness (QED) is 0.319. The van der Waals surface area contributed by atoms with Gasteiger partial charge in [-0.15, -0.1) is 0 Å². The minimum Gasteiger partial charge on any atom is -0.483 e. The van der Waals surface area contributed by atoms with Gasteiger partial charge in [0, 0.05) is 67.3 Å². The summed E-state index contributed by atoms with van der Waals surface area (Å²) in [6.07, 6.45) is 5.06. The second kappa shape index (κ2) is 9.08. The highest BCUT2D eigenvalue weighted by atomic mass is 35.5. The third-order valence-corrected chi connectivity index (χ3v) is 7.90. The second-order valence-electron chi connectivity index (χ2n) is 9.90. The van der Waals surface area contributed by atoms with E-state index in [0.29, 0.717) is 43.6 Å². The Morgan fingerprint density at radius 1 is 1.05 bits per heavy atom. The van der Waals surface area contributed by atoms with Gasteiger partial charge in [-0.25, -0.2) is 13.8 Å².